The monoisotopic (exact) mass is 249 g/mol. The molecule has 0 saturated carbocycles. The number of aromatic nitrogens is 4. The van der Waals surface area contributed by atoms with E-state index in [9.17, 15) is 9.59 Å². The summed E-state index contributed by atoms with van der Waals surface area (Å²) < 4.78 is 1.64. The van der Waals surface area contributed by atoms with Crippen LogP contribution in [0, 0.1) is 6.92 Å². The SMILES string of the molecule is Cc1[nH][nH]c(=O)c1[C@@H](CC(N)=O)c1ccnn1C. The quantitative estimate of drug-likeness (QED) is 0.695. The first-order valence-corrected chi connectivity index (χ1v) is 5.54. The van der Waals surface area contributed by atoms with Gasteiger partial charge in [-0.1, -0.05) is 0 Å². The fourth-order valence-corrected chi connectivity index (χ4v) is 2.16. The third-order valence-electron chi connectivity index (χ3n) is 2.98. The number of nitrogens with zero attached hydrogens (tertiary/aromatic N) is 2. The second-order valence-corrected chi connectivity index (χ2v) is 4.22. The molecule has 0 spiro atoms. The predicted octanol–water partition coefficient (Wildman–Crippen LogP) is -0.248. The molecule has 2 aromatic rings. The van der Waals surface area contributed by atoms with Gasteiger partial charge in [-0.25, -0.2) is 0 Å². The Labute approximate surface area is 103 Å². The third-order valence-corrected chi connectivity index (χ3v) is 2.98. The van der Waals surface area contributed by atoms with E-state index in [0.29, 0.717) is 11.3 Å². The summed E-state index contributed by atoms with van der Waals surface area (Å²) in [7, 11) is 1.76. The van der Waals surface area contributed by atoms with Crippen molar-refractivity contribution in [3.63, 3.8) is 0 Å². The van der Waals surface area contributed by atoms with E-state index in [2.05, 4.69) is 15.3 Å². The molecule has 0 saturated heterocycles. The van der Waals surface area contributed by atoms with Crippen molar-refractivity contribution in [3.8, 4) is 0 Å². The molecule has 0 aromatic carbocycles. The molecule has 2 aromatic heterocycles. The van der Waals surface area contributed by atoms with E-state index in [-0.39, 0.29) is 17.9 Å². The molecule has 7 heteroatoms. The maximum absolute atomic E-state index is 11.8. The maximum Gasteiger partial charge on any atom is 0.268 e. The molecule has 7 nitrogen and oxygen atoms in total. The van der Waals surface area contributed by atoms with Gasteiger partial charge in [0, 0.05) is 42.5 Å². The minimum Gasteiger partial charge on any atom is -0.370 e. The van der Waals surface area contributed by atoms with Crippen molar-refractivity contribution in [1.29, 1.82) is 0 Å². The molecule has 96 valence electrons. The van der Waals surface area contributed by atoms with Crippen LogP contribution in [0.3, 0.4) is 0 Å². The van der Waals surface area contributed by atoms with Crippen LogP contribution in [-0.4, -0.2) is 25.9 Å². The first-order valence-electron chi connectivity index (χ1n) is 5.54. The smallest absolute Gasteiger partial charge is 0.268 e. The summed E-state index contributed by atoms with van der Waals surface area (Å²) in [6, 6.07) is 1.78. The van der Waals surface area contributed by atoms with E-state index in [1.54, 1.807) is 30.9 Å². The van der Waals surface area contributed by atoms with Crippen molar-refractivity contribution in [2.24, 2.45) is 12.8 Å². The van der Waals surface area contributed by atoms with Crippen LogP contribution in [0.5, 0.6) is 0 Å². The summed E-state index contributed by atoms with van der Waals surface area (Å²) >= 11 is 0. The number of hydrogen-bond donors (Lipinski definition) is 3. The predicted molar refractivity (Wildman–Crippen MR) is 65.0 cm³/mol. The van der Waals surface area contributed by atoms with Gasteiger partial charge in [-0.2, -0.15) is 5.10 Å². The molecule has 0 aliphatic rings. The molecule has 2 heterocycles. The van der Waals surface area contributed by atoms with Gasteiger partial charge >= 0.3 is 0 Å². The molecule has 0 unspecified atom stereocenters. The fraction of sp³-hybridized carbons (Fsp3) is 0.364. The molecule has 0 radical (unpaired) electrons. The number of hydrogen-bond acceptors (Lipinski definition) is 3. The molecule has 1 amide bonds. The molecule has 1 atom stereocenters. The average Bonchev–Trinajstić information content (AvgIpc) is 2.83. The first-order chi connectivity index (χ1) is 8.50. The number of H-pyrrole nitrogens is 2. The minimum atomic E-state index is -0.457. The summed E-state index contributed by atoms with van der Waals surface area (Å²) in [5.41, 5.74) is 7.03. The Hall–Kier alpha value is -2.31. The normalized spacial score (nSPS) is 12.6. The largest absolute Gasteiger partial charge is 0.370 e. The van der Waals surface area contributed by atoms with Crippen LogP contribution in [0.2, 0.25) is 0 Å². The molecule has 0 aliphatic carbocycles. The van der Waals surface area contributed by atoms with E-state index in [0.717, 1.165) is 5.69 Å². The van der Waals surface area contributed by atoms with Gasteiger partial charge in [0.2, 0.25) is 5.91 Å². The maximum atomic E-state index is 11.8. The van der Waals surface area contributed by atoms with Crippen LogP contribution >= 0.6 is 0 Å². The fourth-order valence-electron chi connectivity index (χ4n) is 2.16. The standard InChI is InChI=1S/C11H15N5O2/c1-6-10(11(18)15-14-6)7(5-9(12)17)8-3-4-13-16(8)2/h3-4,7H,5H2,1-2H3,(H2,12,17)(H2,14,15,18)/t7-/m0/s1. The van der Waals surface area contributed by atoms with Crippen molar-refractivity contribution in [2.45, 2.75) is 19.3 Å². The van der Waals surface area contributed by atoms with E-state index >= 15 is 0 Å². The molecular weight excluding hydrogens is 234 g/mol. The van der Waals surface area contributed by atoms with Gasteiger partial charge in [0.1, 0.15) is 0 Å². The summed E-state index contributed by atoms with van der Waals surface area (Å²) in [5.74, 6) is -0.841. The number of primary amides is 1. The average molecular weight is 249 g/mol. The Morgan fingerprint density at radius 3 is 2.72 bits per heavy atom. The molecular formula is C11H15N5O2. The zero-order valence-corrected chi connectivity index (χ0v) is 10.2. The highest BCUT2D eigenvalue weighted by molar-refractivity contribution is 5.75. The lowest BCUT2D eigenvalue weighted by atomic mass is 9.92. The second kappa shape index (κ2) is 4.52. The Balaban J connectivity index is 2.54. The zero-order valence-electron chi connectivity index (χ0n) is 10.2. The molecule has 4 N–H and O–H groups in total. The Kier molecular flexibility index (Phi) is 3.05. The van der Waals surface area contributed by atoms with Crippen LogP contribution in [-0.2, 0) is 11.8 Å². The molecule has 0 bridgehead atoms. The topological polar surface area (TPSA) is 110 Å². The summed E-state index contributed by atoms with van der Waals surface area (Å²) in [6.07, 6.45) is 1.70. The zero-order chi connectivity index (χ0) is 13.3. The van der Waals surface area contributed by atoms with E-state index in [4.69, 9.17) is 5.73 Å². The van der Waals surface area contributed by atoms with Crippen molar-refractivity contribution in [1.82, 2.24) is 20.0 Å². The molecule has 0 aliphatic heterocycles. The molecule has 0 fully saturated rings. The van der Waals surface area contributed by atoms with Crippen LogP contribution in [0.25, 0.3) is 0 Å². The lowest BCUT2D eigenvalue weighted by molar-refractivity contribution is -0.118. The van der Waals surface area contributed by atoms with E-state index < -0.39 is 5.91 Å². The third kappa shape index (κ3) is 2.06. The van der Waals surface area contributed by atoms with Crippen molar-refractivity contribution >= 4 is 5.91 Å². The van der Waals surface area contributed by atoms with Gasteiger partial charge in [0.15, 0.2) is 0 Å². The number of amides is 1. The van der Waals surface area contributed by atoms with Crippen molar-refractivity contribution in [2.75, 3.05) is 0 Å². The number of nitrogens with two attached hydrogens (primary N) is 1. The Morgan fingerprint density at radius 1 is 1.56 bits per heavy atom. The van der Waals surface area contributed by atoms with E-state index in [1.165, 1.54) is 0 Å². The summed E-state index contributed by atoms with van der Waals surface area (Å²) in [5, 5.41) is 9.32. The number of nitrogens with one attached hydrogen (secondary N) is 2. The highest BCUT2D eigenvalue weighted by Crippen LogP contribution is 2.26. The highest BCUT2D eigenvalue weighted by atomic mass is 16.1. The Morgan fingerprint density at radius 2 is 2.28 bits per heavy atom. The van der Waals surface area contributed by atoms with Gasteiger partial charge in [-0.15, -0.1) is 0 Å². The number of aromatic amines is 2. The number of aryl methyl sites for hydroxylation is 2. The van der Waals surface area contributed by atoms with Crippen LogP contribution < -0.4 is 11.3 Å². The van der Waals surface area contributed by atoms with Gasteiger partial charge in [-0.05, 0) is 13.0 Å². The summed E-state index contributed by atoms with van der Waals surface area (Å²) in [6.45, 7) is 1.78. The molecule has 18 heavy (non-hydrogen) atoms. The molecule has 2 rings (SSSR count). The van der Waals surface area contributed by atoms with Crippen molar-refractivity contribution in [3.05, 3.63) is 39.6 Å². The number of carbonyl (C=O) groups excluding carboxylic acids is 1. The summed E-state index contributed by atoms with van der Waals surface area (Å²) in [4.78, 5) is 23.0. The lowest BCUT2D eigenvalue weighted by Gasteiger charge is -2.14. The van der Waals surface area contributed by atoms with Gasteiger partial charge in [0.05, 0.1) is 0 Å². The first kappa shape index (κ1) is 12.2. The minimum absolute atomic E-state index is 0.0707. The van der Waals surface area contributed by atoms with Crippen LogP contribution in [0.15, 0.2) is 17.1 Å². The van der Waals surface area contributed by atoms with Crippen LogP contribution in [0.4, 0.5) is 0 Å². The van der Waals surface area contributed by atoms with Gasteiger partial charge in [0.25, 0.3) is 5.56 Å². The number of carbonyl (C=O) groups is 1. The Bertz CT molecular complexity index is 621. The number of rotatable bonds is 4. The second-order valence-electron chi connectivity index (χ2n) is 4.22. The van der Waals surface area contributed by atoms with Gasteiger partial charge < -0.3 is 10.8 Å². The van der Waals surface area contributed by atoms with E-state index in [1.807, 2.05) is 0 Å². The van der Waals surface area contributed by atoms with Crippen LogP contribution in [0.1, 0.15) is 29.3 Å². The lowest BCUT2D eigenvalue weighted by Crippen LogP contribution is -2.22. The van der Waals surface area contributed by atoms with Gasteiger partial charge in [-0.3, -0.25) is 19.4 Å². The van der Waals surface area contributed by atoms with Crippen molar-refractivity contribution < 1.29 is 4.79 Å². The highest BCUT2D eigenvalue weighted by Gasteiger charge is 2.25.